The number of amides is 2. The first-order valence-corrected chi connectivity index (χ1v) is 16.3. The molecule has 1 N–H and O–H groups in total. The van der Waals surface area contributed by atoms with Crippen LogP contribution < -0.4 is 19.5 Å². The van der Waals surface area contributed by atoms with Crippen molar-refractivity contribution in [3.05, 3.63) is 125 Å². The molecule has 2 amide bonds. The van der Waals surface area contributed by atoms with Gasteiger partial charge in [-0.3, -0.25) is 14.2 Å². The first-order valence-electron chi connectivity index (χ1n) is 15.3. The standard InChI is InChI=1S/C36H33FN6O5S/c1-46-27-18-12-23(13-19-27)29-20-30(28-10-7-11-31(47-2)34(28)48-3)43(41-29)33(44)22-49-36-40-39-32(42(36)26-16-14-25(37)15-17-26)21-38-35(45)24-8-5-4-6-9-24/h4-19,30H,20-22H2,1-3H3,(H,38,45)/t30-/m0/s1. The summed E-state index contributed by atoms with van der Waals surface area (Å²) in [6.07, 6.45) is 0.434. The predicted octanol–water partition coefficient (Wildman–Crippen LogP) is 5.83. The molecule has 5 aromatic rings. The number of methoxy groups -OCH3 is 3. The number of rotatable bonds is 12. The fraction of sp³-hybridized carbons (Fsp3) is 0.194. The number of hydrogen-bond donors (Lipinski definition) is 1. The summed E-state index contributed by atoms with van der Waals surface area (Å²) in [5.74, 6) is 1.17. The van der Waals surface area contributed by atoms with Crippen molar-refractivity contribution in [2.75, 3.05) is 27.1 Å². The van der Waals surface area contributed by atoms with Crippen LogP contribution in [0.3, 0.4) is 0 Å². The molecule has 1 aliphatic rings. The average Bonchev–Trinajstić information content (AvgIpc) is 3.78. The summed E-state index contributed by atoms with van der Waals surface area (Å²) >= 11 is 1.16. The third kappa shape index (κ3) is 7.26. The van der Waals surface area contributed by atoms with Crippen LogP contribution in [-0.2, 0) is 11.3 Å². The minimum atomic E-state index is -0.478. The lowest BCUT2D eigenvalue weighted by Gasteiger charge is -2.24. The van der Waals surface area contributed by atoms with Crippen molar-refractivity contribution >= 4 is 29.3 Å². The van der Waals surface area contributed by atoms with Gasteiger partial charge < -0.3 is 19.5 Å². The van der Waals surface area contributed by atoms with Gasteiger partial charge >= 0.3 is 0 Å². The number of benzene rings is 4. The molecule has 0 unspecified atom stereocenters. The zero-order valence-corrected chi connectivity index (χ0v) is 27.8. The second kappa shape index (κ2) is 15.0. The van der Waals surface area contributed by atoms with Gasteiger partial charge in [-0.2, -0.15) is 5.10 Å². The highest BCUT2D eigenvalue weighted by Gasteiger charge is 2.36. The van der Waals surface area contributed by atoms with Crippen molar-refractivity contribution in [1.82, 2.24) is 25.1 Å². The van der Waals surface area contributed by atoms with Gasteiger partial charge in [0.05, 0.1) is 45.4 Å². The van der Waals surface area contributed by atoms with E-state index in [0.717, 1.165) is 28.6 Å². The maximum Gasteiger partial charge on any atom is 0.253 e. The third-order valence-electron chi connectivity index (χ3n) is 7.93. The lowest BCUT2D eigenvalue weighted by atomic mass is 9.97. The summed E-state index contributed by atoms with van der Waals surface area (Å²) in [5, 5.41) is 18.2. The molecule has 0 saturated heterocycles. The molecule has 0 spiro atoms. The van der Waals surface area contributed by atoms with Crippen molar-refractivity contribution in [3.63, 3.8) is 0 Å². The van der Waals surface area contributed by atoms with Gasteiger partial charge in [-0.1, -0.05) is 42.1 Å². The Hall–Kier alpha value is -5.69. The van der Waals surface area contributed by atoms with E-state index in [-0.39, 0.29) is 24.1 Å². The quantitative estimate of drug-likeness (QED) is 0.164. The lowest BCUT2D eigenvalue weighted by molar-refractivity contribution is -0.130. The van der Waals surface area contributed by atoms with Gasteiger partial charge in [0.15, 0.2) is 22.5 Å². The molecule has 49 heavy (non-hydrogen) atoms. The number of carbonyl (C=O) groups is 2. The number of aromatic nitrogens is 3. The van der Waals surface area contributed by atoms with E-state index >= 15 is 0 Å². The summed E-state index contributed by atoms with van der Waals surface area (Å²) in [5.41, 5.74) is 3.40. The molecule has 1 aromatic heterocycles. The topological polar surface area (TPSA) is 120 Å². The molecule has 0 saturated carbocycles. The molecule has 0 bridgehead atoms. The smallest absolute Gasteiger partial charge is 0.253 e. The van der Waals surface area contributed by atoms with E-state index in [2.05, 4.69) is 15.5 Å². The Balaban J connectivity index is 1.28. The molecule has 13 heteroatoms. The molecule has 1 aliphatic heterocycles. The highest BCUT2D eigenvalue weighted by atomic mass is 32.2. The van der Waals surface area contributed by atoms with E-state index in [4.69, 9.17) is 19.3 Å². The van der Waals surface area contributed by atoms with E-state index in [0.29, 0.717) is 45.9 Å². The number of para-hydroxylation sites is 1. The minimum Gasteiger partial charge on any atom is -0.497 e. The van der Waals surface area contributed by atoms with Gasteiger partial charge in [-0.25, -0.2) is 9.40 Å². The number of carbonyl (C=O) groups excluding carboxylic acids is 2. The molecule has 0 fully saturated rings. The van der Waals surface area contributed by atoms with Gasteiger partial charge in [-0.15, -0.1) is 10.2 Å². The number of ether oxygens (including phenoxy) is 3. The van der Waals surface area contributed by atoms with Crippen LogP contribution in [0.25, 0.3) is 5.69 Å². The number of nitrogens with zero attached hydrogens (tertiary/aromatic N) is 5. The molecule has 1 atom stereocenters. The number of halogens is 1. The van der Waals surface area contributed by atoms with Gasteiger partial charge in [0.2, 0.25) is 0 Å². The largest absolute Gasteiger partial charge is 0.497 e. The maximum absolute atomic E-state index is 14.0. The normalized spacial score (nSPS) is 13.9. The third-order valence-corrected chi connectivity index (χ3v) is 8.85. The van der Waals surface area contributed by atoms with E-state index < -0.39 is 11.9 Å². The molecule has 250 valence electrons. The fourth-order valence-corrected chi connectivity index (χ4v) is 6.34. The summed E-state index contributed by atoms with van der Waals surface area (Å²) in [7, 11) is 4.73. The van der Waals surface area contributed by atoms with Gasteiger partial charge in [0, 0.05) is 23.2 Å². The van der Waals surface area contributed by atoms with Crippen molar-refractivity contribution < 1.29 is 28.2 Å². The lowest BCUT2D eigenvalue weighted by Crippen LogP contribution is -2.29. The first kappa shape index (κ1) is 33.2. The molecule has 11 nitrogen and oxygen atoms in total. The number of thioether (sulfide) groups is 1. The molecular formula is C36H33FN6O5S. The zero-order chi connectivity index (χ0) is 34.3. The Bertz CT molecular complexity index is 1970. The molecule has 0 radical (unpaired) electrons. The molecule has 6 rings (SSSR count). The fourth-order valence-electron chi connectivity index (χ4n) is 5.52. The molecule has 0 aliphatic carbocycles. The highest BCUT2D eigenvalue weighted by Crippen LogP contribution is 2.42. The summed E-state index contributed by atoms with van der Waals surface area (Å²) in [6, 6.07) is 27.2. The SMILES string of the molecule is COc1ccc(C2=NN(C(=O)CSc3nnc(CNC(=O)c4ccccc4)n3-c3ccc(F)cc3)[C@H](c3cccc(OC)c3OC)C2)cc1. The van der Waals surface area contributed by atoms with Crippen LogP contribution in [0.1, 0.15) is 39.8 Å². The summed E-state index contributed by atoms with van der Waals surface area (Å²) in [6.45, 7) is 0.0476. The molecular weight excluding hydrogens is 647 g/mol. The van der Waals surface area contributed by atoms with Crippen LogP contribution in [0.2, 0.25) is 0 Å². The van der Waals surface area contributed by atoms with Crippen LogP contribution in [0, 0.1) is 5.82 Å². The highest BCUT2D eigenvalue weighted by molar-refractivity contribution is 7.99. The molecule has 4 aromatic carbocycles. The van der Waals surface area contributed by atoms with Crippen LogP contribution >= 0.6 is 11.8 Å². The Kier molecular flexibility index (Phi) is 10.2. The van der Waals surface area contributed by atoms with Crippen LogP contribution in [0.15, 0.2) is 107 Å². The van der Waals surface area contributed by atoms with E-state index in [1.54, 1.807) is 68.4 Å². The van der Waals surface area contributed by atoms with Crippen molar-refractivity contribution in [1.29, 1.82) is 0 Å². The summed E-state index contributed by atoms with van der Waals surface area (Å²) < 4.78 is 32.2. The van der Waals surface area contributed by atoms with Gasteiger partial charge in [-0.05, 0) is 72.3 Å². The maximum atomic E-state index is 14.0. The average molecular weight is 681 g/mol. The van der Waals surface area contributed by atoms with Crippen LogP contribution in [0.5, 0.6) is 17.2 Å². The number of hydrogen-bond acceptors (Lipinski definition) is 9. The van der Waals surface area contributed by atoms with Crippen LogP contribution in [-0.4, -0.2) is 64.4 Å². The second-order valence-electron chi connectivity index (χ2n) is 10.9. The Morgan fingerprint density at radius 3 is 2.33 bits per heavy atom. The van der Waals surface area contributed by atoms with E-state index in [9.17, 15) is 14.0 Å². The minimum absolute atomic E-state index is 0.0438. The Morgan fingerprint density at radius 1 is 0.878 bits per heavy atom. The predicted molar refractivity (Wildman–Crippen MR) is 183 cm³/mol. The van der Waals surface area contributed by atoms with Crippen molar-refractivity contribution in [2.45, 2.75) is 24.2 Å². The Morgan fingerprint density at radius 2 is 1.63 bits per heavy atom. The molecule has 2 heterocycles. The number of hydrazone groups is 1. The monoisotopic (exact) mass is 680 g/mol. The zero-order valence-electron chi connectivity index (χ0n) is 27.0. The van der Waals surface area contributed by atoms with Gasteiger partial charge in [0.1, 0.15) is 11.6 Å². The van der Waals surface area contributed by atoms with Gasteiger partial charge in [0.25, 0.3) is 11.8 Å². The van der Waals surface area contributed by atoms with Crippen molar-refractivity contribution in [3.8, 4) is 22.9 Å². The summed E-state index contributed by atoms with van der Waals surface area (Å²) in [4.78, 5) is 26.8. The van der Waals surface area contributed by atoms with Crippen LogP contribution in [0.4, 0.5) is 4.39 Å². The van der Waals surface area contributed by atoms with Crippen molar-refractivity contribution in [2.24, 2.45) is 5.10 Å². The van der Waals surface area contributed by atoms with E-state index in [1.807, 2.05) is 42.5 Å². The first-order chi connectivity index (χ1) is 23.9. The second-order valence-corrected chi connectivity index (χ2v) is 11.8. The Labute approximate surface area is 286 Å². The number of nitrogens with one attached hydrogen (secondary N) is 1. The van der Waals surface area contributed by atoms with E-state index in [1.165, 1.54) is 17.1 Å².